The van der Waals surface area contributed by atoms with Crippen LogP contribution in [0.2, 0.25) is 0 Å². The maximum atomic E-state index is 10.5. The van der Waals surface area contributed by atoms with Crippen molar-refractivity contribution in [2.24, 2.45) is 0 Å². The van der Waals surface area contributed by atoms with Gasteiger partial charge < -0.3 is 9.79 Å². The lowest BCUT2D eigenvalue weighted by atomic mass is 11.5. The van der Waals surface area contributed by atoms with Gasteiger partial charge in [-0.25, -0.2) is 8.88 Å². The van der Waals surface area contributed by atoms with Gasteiger partial charge in [-0.05, 0) is 0 Å². The molecule has 0 saturated carbocycles. The highest BCUT2D eigenvalue weighted by Gasteiger charge is 2.27. The van der Waals surface area contributed by atoms with Crippen LogP contribution < -0.4 is 5.09 Å². The zero-order valence-electron chi connectivity index (χ0n) is 5.50. The third-order valence-corrected chi connectivity index (χ3v) is 3.01. The first-order valence-electron chi connectivity index (χ1n) is 2.33. The Kier molecular flexibility index (Phi) is 3.41. The van der Waals surface area contributed by atoms with Crippen LogP contribution in [0.5, 0.6) is 0 Å². The summed E-state index contributed by atoms with van der Waals surface area (Å²) in [6, 6.07) is 0. The molecule has 9 heteroatoms. The average Bonchev–Trinajstić information content (AvgIpc) is 1.55. The Morgan fingerprint density at radius 2 is 1.91 bits per heavy atom. The third kappa shape index (κ3) is 6.22. The standard InChI is InChI=1S/C2H7NO6P2/c1-10(5,6)9-11(7,8)3-2-4/h2H,1H3,(H,5,6)(H2,3,4,7,8). The number of carbonyl (C=O) groups excluding carboxylic acids is 1. The number of amides is 1. The van der Waals surface area contributed by atoms with Gasteiger partial charge in [0.1, 0.15) is 0 Å². The fraction of sp³-hybridized carbons (Fsp3) is 0.500. The Hall–Kier alpha value is -0.190. The summed E-state index contributed by atoms with van der Waals surface area (Å²) in [5, 5.41) is 1.35. The van der Waals surface area contributed by atoms with E-state index in [-0.39, 0.29) is 6.41 Å². The first kappa shape index (κ1) is 10.8. The molecule has 11 heavy (non-hydrogen) atoms. The van der Waals surface area contributed by atoms with E-state index in [4.69, 9.17) is 9.79 Å². The van der Waals surface area contributed by atoms with Crippen molar-refractivity contribution in [1.82, 2.24) is 5.09 Å². The van der Waals surface area contributed by atoms with Crippen LogP contribution in [0.25, 0.3) is 0 Å². The molecule has 0 aliphatic carbocycles. The van der Waals surface area contributed by atoms with Crippen LogP contribution in [0.4, 0.5) is 0 Å². The van der Waals surface area contributed by atoms with Gasteiger partial charge in [0.25, 0.3) is 0 Å². The van der Waals surface area contributed by atoms with Gasteiger partial charge in [0, 0.05) is 6.66 Å². The Labute approximate surface area is 62.5 Å². The van der Waals surface area contributed by atoms with Crippen molar-refractivity contribution in [1.29, 1.82) is 0 Å². The highest BCUT2D eigenvalue weighted by molar-refractivity contribution is 7.65. The summed E-state index contributed by atoms with van der Waals surface area (Å²) in [6.45, 7) is 0.725. The van der Waals surface area contributed by atoms with E-state index in [9.17, 15) is 13.9 Å². The second kappa shape index (κ2) is 3.47. The van der Waals surface area contributed by atoms with E-state index in [2.05, 4.69) is 4.31 Å². The van der Waals surface area contributed by atoms with Gasteiger partial charge in [-0.3, -0.25) is 14.4 Å². The molecule has 1 amide bonds. The first-order chi connectivity index (χ1) is 4.77. The predicted octanol–water partition coefficient (Wildman–Crippen LogP) is -0.335. The zero-order valence-corrected chi connectivity index (χ0v) is 7.29. The zero-order chi connectivity index (χ0) is 9.12. The largest absolute Gasteiger partial charge is 0.439 e. The van der Waals surface area contributed by atoms with Gasteiger partial charge in [0.2, 0.25) is 6.41 Å². The first-order valence-corrected chi connectivity index (χ1v) is 5.93. The monoisotopic (exact) mass is 203 g/mol. The highest BCUT2D eigenvalue weighted by Crippen LogP contribution is 2.54. The van der Waals surface area contributed by atoms with Gasteiger partial charge >= 0.3 is 15.3 Å². The molecule has 0 radical (unpaired) electrons. The van der Waals surface area contributed by atoms with E-state index in [1.165, 1.54) is 5.09 Å². The molecule has 2 atom stereocenters. The van der Waals surface area contributed by atoms with Crippen molar-refractivity contribution < 1.29 is 28.0 Å². The number of hydrogen-bond donors (Lipinski definition) is 3. The quantitative estimate of drug-likeness (QED) is 0.425. The number of rotatable bonds is 4. The summed E-state index contributed by atoms with van der Waals surface area (Å²) in [5.41, 5.74) is 0. The Bertz CT molecular complexity index is 231. The molecule has 2 unspecified atom stereocenters. The molecule has 0 aromatic heterocycles. The SMILES string of the molecule is CP(=O)(O)OP(=O)(O)NC=O. The van der Waals surface area contributed by atoms with E-state index in [0.717, 1.165) is 6.66 Å². The summed E-state index contributed by atoms with van der Waals surface area (Å²) in [6.07, 6.45) is -0.101. The molecule has 0 bridgehead atoms. The summed E-state index contributed by atoms with van der Waals surface area (Å²) in [7, 11) is -8.50. The summed E-state index contributed by atoms with van der Waals surface area (Å²) in [4.78, 5) is 26.5. The lowest BCUT2D eigenvalue weighted by molar-refractivity contribution is -0.108. The second-order valence-corrected chi connectivity index (χ2v) is 5.21. The molecule has 0 saturated heterocycles. The molecule has 0 spiro atoms. The Morgan fingerprint density at radius 1 is 1.45 bits per heavy atom. The van der Waals surface area contributed by atoms with Crippen LogP contribution >= 0.6 is 15.3 Å². The van der Waals surface area contributed by atoms with Crippen LogP contribution in [-0.4, -0.2) is 22.9 Å². The van der Waals surface area contributed by atoms with Crippen LogP contribution in [0, 0.1) is 0 Å². The summed E-state index contributed by atoms with van der Waals surface area (Å²) >= 11 is 0. The minimum Gasteiger partial charge on any atom is -0.324 e. The minimum absolute atomic E-state index is 0.101. The van der Waals surface area contributed by atoms with Crippen LogP contribution in [0.3, 0.4) is 0 Å². The molecule has 0 aromatic rings. The maximum Gasteiger partial charge on any atom is 0.439 e. The molecular weight excluding hydrogens is 196 g/mol. The van der Waals surface area contributed by atoms with Crippen LogP contribution in [-0.2, 0) is 18.2 Å². The molecule has 0 aromatic carbocycles. The molecule has 66 valence electrons. The molecule has 0 rings (SSSR count). The number of hydrogen-bond acceptors (Lipinski definition) is 4. The summed E-state index contributed by atoms with van der Waals surface area (Å²) < 4.78 is 24.6. The van der Waals surface area contributed by atoms with Crippen molar-refractivity contribution >= 4 is 21.8 Å². The van der Waals surface area contributed by atoms with Crippen molar-refractivity contribution in [2.45, 2.75) is 0 Å². The number of nitrogens with one attached hydrogen (secondary N) is 1. The van der Waals surface area contributed by atoms with Crippen molar-refractivity contribution in [2.75, 3.05) is 6.66 Å². The molecule has 0 fully saturated rings. The average molecular weight is 203 g/mol. The maximum absolute atomic E-state index is 10.5. The van der Waals surface area contributed by atoms with Crippen LogP contribution in [0.15, 0.2) is 0 Å². The van der Waals surface area contributed by atoms with E-state index in [0.29, 0.717) is 0 Å². The van der Waals surface area contributed by atoms with E-state index in [1.54, 1.807) is 0 Å². The fourth-order valence-corrected chi connectivity index (χ4v) is 2.26. The number of carbonyl (C=O) groups is 1. The van der Waals surface area contributed by atoms with Gasteiger partial charge in [0.15, 0.2) is 0 Å². The van der Waals surface area contributed by atoms with Crippen LogP contribution in [0.1, 0.15) is 0 Å². The van der Waals surface area contributed by atoms with Crippen molar-refractivity contribution in [3.05, 3.63) is 0 Å². The Balaban J connectivity index is 4.25. The topological polar surface area (TPSA) is 113 Å². The fourth-order valence-electron chi connectivity index (χ4n) is 0.296. The highest BCUT2D eigenvalue weighted by atomic mass is 31.3. The van der Waals surface area contributed by atoms with Gasteiger partial charge in [-0.15, -0.1) is 0 Å². The van der Waals surface area contributed by atoms with E-state index in [1.807, 2.05) is 0 Å². The van der Waals surface area contributed by atoms with Gasteiger partial charge in [-0.1, -0.05) is 0 Å². The van der Waals surface area contributed by atoms with Crippen molar-refractivity contribution in [3.8, 4) is 0 Å². The lowest BCUT2D eigenvalue weighted by Gasteiger charge is -2.10. The minimum atomic E-state index is -4.45. The predicted molar refractivity (Wildman–Crippen MR) is 35.9 cm³/mol. The van der Waals surface area contributed by atoms with Gasteiger partial charge in [0.05, 0.1) is 0 Å². The third-order valence-electron chi connectivity index (χ3n) is 0.478. The van der Waals surface area contributed by atoms with Crippen molar-refractivity contribution in [3.63, 3.8) is 0 Å². The smallest absolute Gasteiger partial charge is 0.324 e. The molecule has 0 heterocycles. The Morgan fingerprint density at radius 3 is 2.18 bits per heavy atom. The molecule has 0 aliphatic rings. The lowest BCUT2D eigenvalue weighted by Crippen LogP contribution is -2.07. The van der Waals surface area contributed by atoms with E-state index >= 15 is 0 Å². The van der Waals surface area contributed by atoms with E-state index < -0.39 is 15.3 Å². The molecule has 0 aliphatic heterocycles. The van der Waals surface area contributed by atoms with Gasteiger partial charge in [-0.2, -0.15) is 0 Å². The molecule has 7 nitrogen and oxygen atoms in total. The normalized spacial score (nSPS) is 21.4. The molecular formula is C2H7NO6P2. The second-order valence-electron chi connectivity index (χ2n) is 1.65. The summed E-state index contributed by atoms with van der Waals surface area (Å²) in [5.74, 6) is 0. The molecule has 3 N–H and O–H groups in total.